The number of halogens is 2. The lowest BCUT2D eigenvalue weighted by Crippen LogP contribution is -2.15. The van der Waals surface area contributed by atoms with Crippen LogP contribution in [0.5, 0.6) is 0 Å². The monoisotopic (exact) mass is 413 g/mol. The summed E-state index contributed by atoms with van der Waals surface area (Å²) in [6.45, 7) is 3.75. The Morgan fingerprint density at radius 1 is 1.15 bits per heavy atom. The minimum absolute atomic E-state index is 0.162. The molecule has 1 aromatic carbocycles. The number of aromatic nitrogens is 4. The summed E-state index contributed by atoms with van der Waals surface area (Å²) in [5.41, 5.74) is 1.82. The minimum Gasteiger partial charge on any atom is -0.271 e. The van der Waals surface area contributed by atoms with E-state index in [9.17, 15) is 8.42 Å². The Bertz CT molecular complexity index is 1070. The first-order valence-electron chi connectivity index (χ1n) is 7.68. The number of nitrogens with one attached hydrogen (secondary N) is 1. The van der Waals surface area contributed by atoms with Crippen molar-refractivity contribution in [3.05, 3.63) is 57.5 Å². The highest BCUT2D eigenvalue weighted by molar-refractivity contribution is 7.92. The van der Waals surface area contributed by atoms with Crippen LogP contribution in [0, 0.1) is 13.8 Å². The van der Waals surface area contributed by atoms with Crippen LogP contribution in [0.1, 0.15) is 17.0 Å². The third-order valence-corrected chi connectivity index (χ3v) is 6.13. The number of rotatable bonds is 5. The molecule has 0 saturated carbocycles. The first kappa shape index (κ1) is 18.8. The van der Waals surface area contributed by atoms with Gasteiger partial charge in [0.05, 0.1) is 17.9 Å². The average Bonchev–Trinajstić information content (AvgIpc) is 3.06. The van der Waals surface area contributed by atoms with E-state index in [4.69, 9.17) is 23.2 Å². The van der Waals surface area contributed by atoms with E-state index in [1.54, 1.807) is 56.0 Å². The molecule has 0 unspecified atom stereocenters. The number of nitrogens with zero attached hydrogens (tertiary/aromatic N) is 4. The van der Waals surface area contributed by atoms with E-state index in [0.717, 1.165) is 5.56 Å². The van der Waals surface area contributed by atoms with Gasteiger partial charge in [0.2, 0.25) is 0 Å². The van der Waals surface area contributed by atoms with Crippen molar-refractivity contribution in [3.8, 4) is 0 Å². The minimum atomic E-state index is -3.78. The lowest BCUT2D eigenvalue weighted by atomic mass is 10.2. The largest absolute Gasteiger partial charge is 0.271 e. The predicted molar refractivity (Wildman–Crippen MR) is 101 cm³/mol. The van der Waals surface area contributed by atoms with Gasteiger partial charge in [0, 0.05) is 29.4 Å². The summed E-state index contributed by atoms with van der Waals surface area (Å²) in [6, 6.07) is 6.78. The predicted octanol–water partition coefficient (Wildman–Crippen LogP) is 3.39. The first-order chi connectivity index (χ1) is 12.2. The normalized spacial score (nSPS) is 11.7. The topological polar surface area (TPSA) is 81.8 Å². The van der Waals surface area contributed by atoms with Crippen molar-refractivity contribution < 1.29 is 8.42 Å². The number of hydrogen-bond acceptors (Lipinski definition) is 4. The molecular weight excluding hydrogens is 397 g/mol. The van der Waals surface area contributed by atoms with Crippen molar-refractivity contribution in [2.24, 2.45) is 7.05 Å². The van der Waals surface area contributed by atoms with Crippen LogP contribution >= 0.6 is 23.2 Å². The number of benzene rings is 1. The van der Waals surface area contributed by atoms with E-state index in [2.05, 4.69) is 14.9 Å². The van der Waals surface area contributed by atoms with Gasteiger partial charge in [0.25, 0.3) is 10.0 Å². The molecule has 138 valence electrons. The highest BCUT2D eigenvalue weighted by Crippen LogP contribution is 2.23. The molecule has 7 nitrogen and oxygen atoms in total. The third-order valence-electron chi connectivity index (χ3n) is 3.94. The zero-order valence-corrected chi connectivity index (χ0v) is 16.7. The fourth-order valence-electron chi connectivity index (χ4n) is 2.66. The Morgan fingerprint density at radius 3 is 2.50 bits per heavy atom. The Morgan fingerprint density at radius 2 is 1.88 bits per heavy atom. The fourth-order valence-corrected chi connectivity index (χ4v) is 4.57. The Kier molecular flexibility index (Phi) is 5.01. The molecule has 0 fully saturated rings. The lowest BCUT2D eigenvalue weighted by Gasteiger charge is -2.07. The molecule has 26 heavy (non-hydrogen) atoms. The molecule has 0 spiro atoms. The van der Waals surface area contributed by atoms with Gasteiger partial charge in [-0.05, 0) is 31.5 Å². The molecule has 0 atom stereocenters. The summed E-state index contributed by atoms with van der Waals surface area (Å²) in [7, 11) is -2.08. The molecular formula is C16H17Cl2N5O2S. The first-order valence-corrected chi connectivity index (χ1v) is 9.91. The molecule has 0 amide bonds. The van der Waals surface area contributed by atoms with Gasteiger partial charge in [0.1, 0.15) is 4.90 Å². The molecule has 3 rings (SSSR count). The highest BCUT2D eigenvalue weighted by Gasteiger charge is 2.24. The fraction of sp³-hybridized carbons (Fsp3) is 0.250. The van der Waals surface area contributed by atoms with Crippen LogP contribution in [0.2, 0.25) is 10.0 Å². The van der Waals surface area contributed by atoms with Crippen LogP contribution in [-0.2, 0) is 23.6 Å². The summed E-state index contributed by atoms with van der Waals surface area (Å²) in [4.78, 5) is 0.162. The van der Waals surface area contributed by atoms with Gasteiger partial charge < -0.3 is 0 Å². The summed E-state index contributed by atoms with van der Waals surface area (Å²) in [6.07, 6.45) is 1.67. The zero-order valence-electron chi connectivity index (χ0n) is 14.4. The quantitative estimate of drug-likeness (QED) is 0.694. The molecule has 0 aliphatic rings. The molecule has 0 bridgehead atoms. The van der Waals surface area contributed by atoms with Gasteiger partial charge in [-0.1, -0.05) is 29.3 Å². The standard InChI is InChI=1S/C16H17Cl2N5O2S/c1-10-16(11(2)22(3)19-10)26(24,25)21-15-6-7-23(20-15)9-12-4-5-13(17)8-14(12)18/h4-8H,9H2,1-3H3,(H,20,21). The zero-order chi connectivity index (χ0) is 19.1. The van der Waals surface area contributed by atoms with Crippen molar-refractivity contribution in [3.63, 3.8) is 0 Å². The van der Waals surface area contributed by atoms with Crippen molar-refractivity contribution in [2.45, 2.75) is 25.3 Å². The average molecular weight is 414 g/mol. The molecule has 1 N–H and O–H groups in total. The van der Waals surface area contributed by atoms with E-state index < -0.39 is 10.0 Å². The van der Waals surface area contributed by atoms with Crippen molar-refractivity contribution in [2.75, 3.05) is 4.72 Å². The molecule has 3 aromatic rings. The highest BCUT2D eigenvalue weighted by atomic mass is 35.5. The van der Waals surface area contributed by atoms with Gasteiger partial charge in [-0.3, -0.25) is 14.1 Å². The Labute approximate surface area is 161 Å². The molecule has 0 aliphatic heterocycles. The maximum Gasteiger partial charge on any atom is 0.266 e. The van der Waals surface area contributed by atoms with Crippen LogP contribution in [0.3, 0.4) is 0 Å². The summed E-state index contributed by atoms with van der Waals surface area (Å²) in [5.74, 6) is 0.220. The van der Waals surface area contributed by atoms with Crippen LogP contribution in [0.4, 0.5) is 5.82 Å². The Hall–Kier alpha value is -2.03. The maximum atomic E-state index is 12.7. The third kappa shape index (κ3) is 3.72. The summed E-state index contributed by atoms with van der Waals surface area (Å²) in [5, 5.41) is 9.47. The van der Waals surface area contributed by atoms with Gasteiger partial charge in [-0.25, -0.2) is 8.42 Å². The van der Waals surface area contributed by atoms with Gasteiger partial charge >= 0.3 is 0 Å². The van der Waals surface area contributed by atoms with Gasteiger partial charge in [-0.15, -0.1) is 0 Å². The molecule has 2 heterocycles. The second kappa shape index (κ2) is 6.94. The second-order valence-corrected chi connectivity index (χ2v) is 8.33. The number of anilines is 1. The van der Waals surface area contributed by atoms with E-state index in [1.165, 1.54) is 4.68 Å². The van der Waals surface area contributed by atoms with E-state index >= 15 is 0 Å². The summed E-state index contributed by atoms with van der Waals surface area (Å²) < 4.78 is 31.0. The number of aryl methyl sites for hydroxylation is 2. The van der Waals surface area contributed by atoms with Crippen LogP contribution < -0.4 is 4.72 Å². The molecule has 0 aliphatic carbocycles. The van der Waals surface area contributed by atoms with E-state index in [0.29, 0.717) is 28.0 Å². The van der Waals surface area contributed by atoms with Crippen LogP contribution in [0.15, 0.2) is 35.4 Å². The van der Waals surface area contributed by atoms with E-state index in [1.807, 2.05) is 0 Å². The smallest absolute Gasteiger partial charge is 0.266 e. The molecule has 10 heteroatoms. The number of sulfonamides is 1. The van der Waals surface area contributed by atoms with Crippen molar-refractivity contribution >= 4 is 39.0 Å². The van der Waals surface area contributed by atoms with Crippen molar-refractivity contribution in [1.29, 1.82) is 0 Å². The van der Waals surface area contributed by atoms with Gasteiger partial charge in [0.15, 0.2) is 5.82 Å². The van der Waals surface area contributed by atoms with E-state index in [-0.39, 0.29) is 10.7 Å². The van der Waals surface area contributed by atoms with Crippen LogP contribution in [-0.4, -0.2) is 28.0 Å². The molecule has 2 aromatic heterocycles. The summed E-state index contributed by atoms with van der Waals surface area (Å²) >= 11 is 12.1. The van der Waals surface area contributed by atoms with Crippen LogP contribution in [0.25, 0.3) is 0 Å². The molecule has 0 saturated heterocycles. The lowest BCUT2D eigenvalue weighted by molar-refractivity contribution is 0.599. The SMILES string of the molecule is Cc1nn(C)c(C)c1S(=O)(=O)Nc1ccn(Cc2ccc(Cl)cc2Cl)n1. The second-order valence-electron chi connectivity index (χ2n) is 5.86. The maximum absolute atomic E-state index is 12.7. The van der Waals surface area contributed by atoms with Gasteiger partial charge in [-0.2, -0.15) is 10.2 Å². The number of hydrogen-bond donors (Lipinski definition) is 1. The van der Waals surface area contributed by atoms with Crippen molar-refractivity contribution in [1.82, 2.24) is 19.6 Å². The Balaban J connectivity index is 1.82. The molecule has 0 radical (unpaired) electrons.